The molecule has 142 valence electrons. The van der Waals surface area contributed by atoms with E-state index in [1.807, 2.05) is 16.0 Å². The van der Waals surface area contributed by atoms with E-state index in [1.165, 1.54) is 29.0 Å². The molecule has 0 aliphatic carbocycles. The number of aryl methyl sites for hydroxylation is 1. The summed E-state index contributed by atoms with van der Waals surface area (Å²) < 4.78 is 1.94. The van der Waals surface area contributed by atoms with Gasteiger partial charge in [0.25, 0.3) is 0 Å². The van der Waals surface area contributed by atoms with Gasteiger partial charge in [0.15, 0.2) is 4.96 Å². The first-order valence-electron chi connectivity index (χ1n) is 8.86. The van der Waals surface area contributed by atoms with E-state index < -0.39 is 0 Å². The van der Waals surface area contributed by atoms with Crippen molar-refractivity contribution in [3.05, 3.63) is 70.3 Å². The van der Waals surface area contributed by atoms with E-state index >= 15 is 0 Å². The average molecular weight is 412 g/mol. The van der Waals surface area contributed by atoms with Crippen LogP contribution in [0, 0.1) is 0 Å². The highest BCUT2D eigenvalue weighted by Crippen LogP contribution is 2.27. The monoisotopic (exact) mass is 411 g/mol. The van der Waals surface area contributed by atoms with Gasteiger partial charge in [0, 0.05) is 27.9 Å². The summed E-state index contributed by atoms with van der Waals surface area (Å²) in [5, 5.41) is 14.9. The lowest BCUT2D eigenvalue weighted by atomic mass is 10.1. The third-order valence-corrected chi connectivity index (χ3v) is 5.64. The maximum absolute atomic E-state index is 12.4. The molecular weight excluding hydrogens is 394 g/mol. The van der Waals surface area contributed by atoms with Crippen LogP contribution in [0.4, 0.5) is 5.69 Å². The number of carbonyl (C=O) groups excluding carboxylic acids is 1. The summed E-state index contributed by atoms with van der Waals surface area (Å²) in [6.07, 6.45) is 3.11. The van der Waals surface area contributed by atoms with Crippen LogP contribution < -0.4 is 5.32 Å². The third kappa shape index (κ3) is 3.74. The Morgan fingerprint density at radius 3 is 2.79 bits per heavy atom. The molecule has 0 atom stereocenters. The summed E-state index contributed by atoms with van der Waals surface area (Å²) in [6.45, 7) is 2.13. The number of phenolic OH excluding ortho intramolecular Hbond substituents is 1. The second-order valence-corrected chi connectivity index (χ2v) is 7.72. The van der Waals surface area contributed by atoms with Gasteiger partial charge in [-0.1, -0.05) is 42.8 Å². The van der Waals surface area contributed by atoms with E-state index in [1.54, 1.807) is 6.07 Å². The molecule has 4 rings (SSSR count). The predicted octanol–water partition coefficient (Wildman–Crippen LogP) is 5.17. The van der Waals surface area contributed by atoms with Gasteiger partial charge < -0.3 is 10.4 Å². The number of nitrogens with one attached hydrogen (secondary N) is 1. The van der Waals surface area contributed by atoms with E-state index in [9.17, 15) is 9.90 Å². The third-order valence-electron chi connectivity index (χ3n) is 4.52. The summed E-state index contributed by atoms with van der Waals surface area (Å²) in [5.41, 5.74) is 4.34. The molecule has 7 heteroatoms. The molecule has 0 bridgehead atoms. The Bertz CT molecular complexity index is 1150. The van der Waals surface area contributed by atoms with Gasteiger partial charge in [-0.25, -0.2) is 4.98 Å². The molecule has 4 aromatic rings. The van der Waals surface area contributed by atoms with Crippen LogP contribution in [0.5, 0.6) is 5.75 Å². The van der Waals surface area contributed by atoms with Crippen molar-refractivity contribution in [2.45, 2.75) is 19.8 Å². The molecule has 2 heterocycles. The molecule has 0 saturated heterocycles. The summed E-state index contributed by atoms with van der Waals surface area (Å²) in [5.74, 6) is -0.256. The Morgan fingerprint density at radius 1 is 1.25 bits per heavy atom. The van der Waals surface area contributed by atoms with Crippen LogP contribution in [-0.2, 0) is 17.6 Å². The standard InChI is InChI=1S/C21H18ClN3O2S/c1-2-13-3-5-14(6-4-13)18-11-25-16(12-28-21(25)24-18)10-20(27)23-17-9-15(22)7-8-19(17)26/h3-9,11-12,26H,2,10H2,1H3,(H,23,27). The number of phenols is 1. The maximum atomic E-state index is 12.4. The second-order valence-electron chi connectivity index (χ2n) is 6.44. The molecule has 0 saturated carbocycles. The molecule has 2 aromatic heterocycles. The molecule has 5 nitrogen and oxygen atoms in total. The lowest BCUT2D eigenvalue weighted by molar-refractivity contribution is -0.115. The normalized spacial score (nSPS) is 11.1. The number of hydrogen-bond acceptors (Lipinski definition) is 4. The van der Waals surface area contributed by atoms with Crippen molar-refractivity contribution in [2.24, 2.45) is 0 Å². The van der Waals surface area contributed by atoms with Crippen molar-refractivity contribution in [1.29, 1.82) is 0 Å². The van der Waals surface area contributed by atoms with Crippen LogP contribution >= 0.6 is 22.9 Å². The van der Waals surface area contributed by atoms with Gasteiger partial charge in [-0.15, -0.1) is 11.3 Å². The van der Waals surface area contributed by atoms with Gasteiger partial charge in [0.2, 0.25) is 5.91 Å². The first-order chi connectivity index (χ1) is 13.5. The van der Waals surface area contributed by atoms with Gasteiger partial charge in [0.05, 0.1) is 17.8 Å². The second kappa shape index (κ2) is 7.66. The number of hydrogen-bond donors (Lipinski definition) is 2. The fourth-order valence-electron chi connectivity index (χ4n) is 2.97. The Balaban J connectivity index is 1.55. The molecule has 2 N–H and O–H groups in total. The molecule has 0 aliphatic rings. The van der Waals surface area contributed by atoms with Crippen LogP contribution in [0.25, 0.3) is 16.2 Å². The van der Waals surface area contributed by atoms with E-state index in [0.29, 0.717) is 10.7 Å². The van der Waals surface area contributed by atoms with Crippen molar-refractivity contribution in [3.63, 3.8) is 0 Å². The largest absolute Gasteiger partial charge is 0.506 e. The number of anilines is 1. The molecule has 0 spiro atoms. The minimum Gasteiger partial charge on any atom is -0.506 e. The molecule has 0 fully saturated rings. The van der Waals surface area contributed by atoms with Crippen molar-refractivity contribution in [2.75, 3.05) is 5.32 Å². The van der Waals surface area contributed by atoms with Gasteiger partial charge in [-0.3, -0.25) is 9.20 Å². The molecule has 2 aromatic carbocycles. The minimum absolute atomic E-state index is 0.0198. The van der Waals surface area contributed by atoms with Crippen LogP contribution in [0.2, 0.25) is 5.02 Å². The van der Waals surface area contributed by atoms with Crippen molar-refractivity contribution in [1.82, 2.24) is 9.38 Å². The molecule has 0 aliphatic heterocycles. The Hall–Kier alpha value is -2.83. The zero-order chi connectivity index (χ0) is 19.7. The highest BCUT2D eigenvalue weighted by atomic mass is 35.5. The summed E-state index contributed by atoms with van der Waals surface area (Å²) >= 11 is 7.42. The van der Waals surface area contributed by atoms with Crippen LogP contribution in [-0.4, -0.2) is 20.4 Å². The summed E-state index contributed by atoms with van der Waals surface area (Å²) in [6, 6.07) is 12.9. The van der Waals surface area contributed by atoms with E-state index in [0.717, 1.165) is 28.3 Å². The number of carbonyl (C=O) groups is 1. The van der Waals surface area contributed by atoms with E-state index in [4.69, 9.17) is 11.6 Å². The number of aromatic nitrogens is 2. The fourth-order valence-corrected chi connectivity index (χ4v) is 4.02. The topological polar surface area (TPSA) is 66.6 Å². The Morgan fingerprint density at radius 2 is 2.04 bits per heavy atom. The number of amides is 1. The van der Waals surface area contributed by atoms with Crippen LogP contribution in [0.15, 0.2) is 54.0 Å². The molecule has 0 radical (unpaired) electrons. The zero-order valence-electron chi connectivity index (χ0n) is 15.1. The summed E-state index contributed by atoms with van der Waals surface area (Å²) in [4.78, 5) is 17.9. The van der Waals surface area contributed by atoms with Crippen LogP contribution in [0.3, 0.4) is 0 Å². The number of aromatic hydroxyl groups is 1. The van der Waals surface area contributed by atoms with Crippen molar-refractivity contribution < 1.29 is 9.90 Å². The first kappa shape index (κ1) is 18.5. The molecule has 28 heavy (non-hydrogen) atoms. The first-order valence-corrected chi connectivity index (χ1v) is 10.1. The number of fused-ring (bicyclic) bond motifs is 1. The highest BCUT2D eigenvalue weighted by Gasteiger charge is 2.14. The Kier molecular flexibility index (Phi) is 5.07. The lowest BCUT2D eigenvalue weighted by Crippen LogP contribution is -2.15. The Labute approximate surface area is 171 Å². The van der Waals surface area contributed by atoms with Crippen LogP contribution in [0.1, 0.15) is 18.2 Å². The zero-order valence-corrected chi connectivity index (χ0v) is 16.7. The van der Waals surface area contributed by atoms with Gasteiger partial charge in [0.1, 0.15) is 5.75 Å². The average Bonchev–Trinajstić information content (AvgIpc) is 3.27. The number of benzene rings is 2. The predicted molar refractivity (Wildman–Crippen MR) is 113 cm³/mol. The molecular formula is C21H18ClN3O2S. The number of nitrogens with zero attached hydrogens (tertiary/aromatic N) is 2. The van der Waals surface area contributed by atoms with E-state index in [-0.39, 0.29) is 18.1 Å². The van der Waals surface area contributed by atoms with Gasteiger partial charge >= 0.3 is 0 Å². The number of imidazole rings is 1. The smallest absolute Gasteiger partial charge is 0.230 e. The van der Waals surface area contributed by atoms with Gasteiger partial charge in [-0.05, 0) is 30.2 Å². The van der Waals surface area contributed by atoms with E-state index in [2.05, 4.69) is 41.5 Å². The number of halogens is 1. The van der Waals surface area contributed by atoms with Crippen molar-refractivity contribution >= 4 is 39.5 Å². The SMILES string of the molecule is CCc1ccc(-c2cn3c(CC(=O)Nc4cc(Cl)ccc4O)csc3n2)cc1. The lowest BCUT2D eigenvalue weighted by Gasteiger charge is -2.07. The van der Waals surface area contributed by atoms with Gasteiger partial charge in [-0.2, -0.15) is 0 Å². The molecule has 0 unspecified atom stereocenters. The fraction of sp³-hybridized carbons (Fsp3) is 0.143. The van der Waals surface area contributed by atoms with Crippen molar-refractivity contribution in [3.8, 4) is 17.0 Å². The summed E-state index contributed by atoms with van der Waals surface area (Å²) in [7, 11) is 0. The highest BCUT2D eigenvalue weighted by molar-refractivity contribution is 7.15. The number of thiazole rings is 1. The molecule has 1 amide bonds. The maximum Gasteiger partial charge on any atom is 0.230 e. The number of rotatable bonds is 5. The quantitative estimate of drug-likeness (QED) is 0.445. The minimum atomic E-state index is -0.236.